The maximum absolute atomic E-state index is 12.0. The van der Waals surface area contributed by atoms with Crippen LogP contribution in [0.5, 0.6) is 17.2 Å². The van der Waals surface area contributed by atoms with E-state index in [9.17, 15) is 9.59 Å². The van der Waals surface area contributed by atoms with Gasteiger partial charge in [-0.05, 0) is 37.3 Å². The molecule has 3 rings (SSSR count). The van der Waals surface area contributed by atoms with Gasteiger partial charge in [-0.1, -0.05) is 23.2 Å². The molecule has 0 aromatic heterocycles. The predicted octanol–water partition coefficient (Wildman–Crippen LogP) is 3.71. The Kier molecular flexibility index (Phi) is 6.49. The lowest BCUT2D eigenvalue weighted by atomic mass is 10.2. The minimum absolute atomic E-state index is 0.267. The zero-order chi connectivity index (χ0) is 20.1. The average Bonchev–Trinajstić information content (AvgIpc) is 2.68. The van der Waals surface area contributed by atoms with Gasteiger partial charge in [0, 0.05) is 16.8 Å². The van der Waals surface area contributed by atoms with E-state index < -0.39 is 24.6 Å². The molecule has 2 aromatic carbocycles. The van der Waals surface area contributed by atoms with Gasteiger partial charge in [0.05, 0.1) is 5.02 Å². The largest absolute Gasteiger partial charge is 0.486 e. The minimum Gasteiger partial charge on any atom is -0.486 e. The second-order valence-electron chi connectivity index (χ2n) is 5.85. The summed E-state index contributed by atoms with van der Waals surface area (Å²) >= 11 is 11.8. The summed E-state index contributed by atoms with van der Waals surface area (Å²) in [7, 11) is 0. The number of fused-ring (bicyclic) bond motifs is 1. The Bertz CT molecular complexity index is 889. The minimum atomic E-state index is -0.958. The summed E-state index contributed by atoms with van der Waals surface area (Å²) in [6.07, 6.45) is -0.958. The quantitative estimate of drug-likeness (QED) is 0.710. The monoisotopic (exact) mass is 425 g/mol. The lowest BCUT2D eigenvalue weighted by Gasteiger charge is -2.19. The zero-order valence-electron chi connectivity index (χ0n) is 14.9. The van der Waals surface area contributed by atoms with Gasteiger partial charge in [0.1, 0.15) is 19.0 Å². The Morgan fingerprint density at radius 2 is 1.86 bits per heavy atom. The highest BCUT2D eigenvalue weighted by molar-refractivity contribution is 6.35. The Morgan fingerprint density at radius 3 is 2.61 bits per heavy atom. The van der Waals surface area contributed by atoms with Gasteiger partial charge in [-0.2, -0.15) is 0 Å². The highest BCUT2D eigenvalue weighted by atomic mass is 35.5. The summed E-state index contributed by atoms with van der Waals surface area (Å²) < 4.78 is 21.3. The highest BCUT2D eigenvalue weighted by Gasteiger charge is 2.19. The number of benzene rings is 2. The summed E-state index contributed by atoms with van der Waals surface area (Å²) in [4.78, 5) is 24.1. The summed E-state index contributed by atoms with van der Waals surface area (Å²) in [5, 5.41) is 3.34. The lowest BCUT2D eigenvalue weighted by molar-refractivity contribution is -0.153. The molecule has 0 radical (unpaired) electrons. The third kappa shape index (κ3) is 5.21. The zero-order valence-corrected chi connectivity index (χ0v) is 16.4. The number of esters is 1. The molecule has 0 saturated carbocycles. The molecule has 0 fully saturated rings. The van der Waals surface area contributed by atoms with Crippen LogP contribution in [0.15, 0.2) is 36.4 Å². The number of hydrogen-bond acceptors (Lipinski definition) is 6. The standard InChI is InChI=1S/C19H17Cl2NO6/c1-11(28-15-4-2-12(20)8-14(15)21)19(24)27-10-18(23)22-13-3-5-16-17(9-13)26-7-6-25-16/h2-5,8-9,11H,6-7,10H2,1H3,(H,22,23). The topological polar surface area (TPSA) is 83.1 Å². The fourth-order valence-corrected chi connectivity index (χ4v) is 2.83. The van der Waals surface area contributed by atoms with Crippen molar-refractivity contribution in [3.8, 4) is 17.2 Å². The molecule has 9 heteroatoms. The van der Waals surface area contributed by atoms with Crippen molar-refractivity contribution in [3.63, 3.8) is 0 Å². The number of amides is 1. The van der Waals surface area contributed by atoms with Crippen molar-refractivity contribution in [2.75, 3.05) is 25.1 Å². The number of carbonyl (C=O) groups excluding carboxylic acids is 2. The van der Waals surface area contributed by atoms with E-state index in [1.165, 1.54) is 13.0 Å². The molecule has 1 atom stereocenters. The molecule has 1 N–H and O–H groups in total. The molecule has 1 heterocycles. The van der Waals surface area contributed by atoms with Crippen LogP contribution in [0.2, 0.25) is 10.0 Å². The summed E-state index contributed by atoms with van der Waals surface area (Å²) in [5.74, 6) is 0.242. The molecular weight excluding hydrogens is 409 g/mol. The summed E-state index contributed by atoms with van der Waals surface area (Å²) in [6.45, 7) is 1.95. The first-order valence-corrected chi connectivity index (χ1v) is 9.16. The highest BCUT2D eigenvalue weighted by Crippen LogP contribution is 2.32. The number of rotatable bonds is 6. The van der Waals surface area contributed by atoms with Gasteiger partial charge < -0.3 is 24.3 Å². The lowest BCUT2D eigenvalue weighted by Crippen LogP contribution is -2.29. The van der Waals surface area contributed by atoms with Crippen molar-refractivity contribution in [1.82, 2.24) is 0 Å². The van der Waals surface area contributed by atoms with E-state index in [4.69, 9.17) is 42.1 Å². The van der Waals surface area contributed by atoms with Crippen LogP contribution in [-0.2, 0) is 14.3 Å². The molecule has 28 heavy (non-hydrogen) atoms. The first-order valence-electron chi connectivity index (χ1n) is 8.40. The molecule has 1 aliphatic rings. The van der Waals surface area contributed by atoms with Gasteiger partial charge in [-0.3, -0.25) is 4.79 Å². The van der Waals surface area contributed by atoms with Gasteiger partial charge in [-0.15, -0.1) is 0 Å². The summed E-state index contributed by atoms with van der Waals surface area (Å²) in [6, 6.07) is 9.63. The number of hydrogen-bond donors (Lipinski definition) is 1. The Balaban J connectivity index is 1.49. The maximum Gasteiger partial charge on any atom is 0.347 e. The van der Waals surface area contributed by atoms with Crippen molar-refractivity contribution in [2.24, 2.45) is 0 Å². The smallest absolute Gasteiger partial charge is 0.347 e. The molecule has 1 unspecified atom stereocenters. The number of anilines is 1. The van der Waals surface area contributed by atoms with Gasteiger partial charge >= 0.3 is 5.97 Å². The van der Waals surface area contributed by atoms with E-state index in [0.29, 0.717) is 35.4 Å². The Labute approximate surface area is 171 Å². The normalized spacial score (nSPS) is 13.4. The maximum atomic E-state index is 12.0. The molecule has 0 spiro atoms. The van der Waals surface area contributed by atoms with E-state index in [1.807, 2.05) is 0 Å². The van der Waals surface area contributed by atoms with Crippen molar-refractivity contribution in [3.05, 3.63) is 46.4 Å². The molecule has 148 valence electrons. The molecule has 0 saturated heterocycles. The van der Waals surface area contributed by atoms with E-state index in [2.05, 4.69) is 5.32 Å². The van der Waals surface area contributed by atoms with Crippen molar-refractivity contribution < 1.29 is 28.5 Å². The van der Waals surface area contributed by atoms with E-state index in [0.717, 1.165) is 0 Å². The third-order valence-corrected chi connectivity index (χ3v) is 4.23. The first kappa shape index (κ1) is 20.1. The SMILES string of the molecule is CC(Oc1ccc(Cl)cc1Cl)C(=O)OCC(=O)Nc1ccc2c(c1)OCCO2. The van der Waals surface area contributed by atoms with Crippen LogP contribution in [0.4, 0.5) is 5.69 Å². The van der Waals surface area contributed by atoms with Crippen LogP contribution < -0.4 is 19.5 Å². The molecular formula is C19H17Cl2NO6. The number of nitrogens with one attached hydrogen (secondary N) is 1. The van der Waals surface area contributed by atoms with Gasteiger partial charge in [-0.25, -0.2) is 4.79 Å². The van der Waals surface area contributed by atoms with E-state index >= 15 is 0 Å². The summed E-state index contributed by atoms with van der Waals surface area (Å²) in [5.41, 5.74) is 0.502. The number of halogens is 2. The molecule has 2 aromatic rings. The molecule has 0 bridgehead atoms. The number of carbonyl (C=O) groups is 2. The van der Waals surface area contributed by atoms with E-state index in [1.54, 1.807) is 30.3 Å². The average molecular weight is 426 g/mol. The van der Waals surface area contributed by atoms with Crippen LogP contribution in [0.1, 0.15) is 6.92 Å². The molecule has 0 aliphatic carbocycles. The van der Waals surface area contributed by atoms with Crippen molar-refractivity contribution >= 4 is 40.8 Å². The van der Waals surface area contributed by atoms with Crippen LogP contribution in [-0.4, -0.2) is 37.8 Å². The van der Waals surface area contributed by atoms with Crippen molar-refractivity contribution in [2.45, 2.75) is 13.0 Å². The second-order valence-corrected chi connectivity index (χ2v) is 6.69. The van der Waals surface area contributed by atoms with Gasteiger partial charge in [0.25, 0.3) is 5.91 Å². The predicted molar refractivity (Wildman–Crippen MR) is 104 cm³/mol. The third-order valence-electron chi connectivity index (χ3n) is 3.70. The van der Waals surface area contributed by atoms with E-state index in [-0.39, 0.29) is 10.8 Å². The fraction of sp³-hybridized carbons (Fsp3) is 0.263. The fourth-order valence-electron chi connectivity index (χ4n) is 2.38. The van der Waals surface area contributed by atoms with Gasteiger partial charge in [0.15, 0.2) is 24.2 Å². The van der Waals surface area contributed by atoms with Crippen LogP contribution >= 0.6 is 23.2 Å². The van der Waals surface area contributed by atoms with Crippen molar-refractivity contribution in [1.29, 1.82) is 0 Å². The number of ether oxygens (including phenoxy) is 4. The molecule has 1 amide bonds. The molecule has 7 nitrogen and oxygen atoms in total. The van der Waals surface area contributed by atoms with Crippen LogP contribution in [0.3, 0.4) is 0 Å². The Hall–Kier alpha value is -2.64. The van der Waals surface area contributed by atoms with Gasteiger partial charge in [0.2, 0.25) is 0 Å². The molecule has 1 aliphatic heterocycles. The second kappa shape index (κ2) is 9.03. The first-order chi connectivity index (χ1) is 13.4. The Morgan fingerprint density at radius 1 is 1.11 bits per heavy atom. The van der Waals surface area contributed by atoms with Crippen LogP contribution in [0, 0.1) is 0 Å². The van der Waals surface area contributed by atoms with Crippen LogP contribution in [0.25, 0.3) is 0 Å².